The highest BCUT2D eigenvalue weighted by molar-refractivity contribution is 7.18. The molecule has 2 N–H and O–H groups in total. The molecule has 0 amide bonds. The molecule has 0 saturated heterocycles. The third kappa shape index (κ3) is 3.93. The van der Waals surface area contributed by atoms with Crippen LogP contribution in [0.4, 0.5) is 0 Å². The van der Waals surface area contributed by atoms with Crippen molar-refractivity contribution >= 4 is 27.5 Å². The number of fused-ring (bicyclic) bond motifs is 3. The highest BCUT2D eigenvalue weighted by Crippen LogP contribution is 2.35. The molecule has 0 fully saturated rings. The van der Waals surface area contributed by atoms with Crippen LogP contribution in [0.1, 0.15) is 55.4 Å². The molecule has 2 heterocycles. The number of hydrogen-bond acceptors (Lipinski definition) is 6. The minimum absolute atomic E-state index is 0.0322. The van der Waals surface area contributed by atoms with Crippen molar-refractivity contribution in [2.45, 2.75) is 52.0 Å². The minimum atomic E-state index is -0.208. The van der Waals surface area contributed by atoms with E-state index in [2.05, 4.69) is 22.0 Å². The van der Waals surface area contributed by atoms with Crippen molar-refractivity contribution in [2.75, 3.05) is 13.7 Å². The van der Waals surface area contributed by atoms with Crippen LogP contribution in [-0.4, -0.2) is 29.6 Å². The second-order valence-electron chi connectivity index (χ2n) is 6.84. The first kappa shape index (κ1) is 18.1. The molecule has 3 rings (SSSR count). The summed E-state index contributed by atoms with van der Waals surface area (Å²) in [5.41, 5.74) is 1.17. The van der Waals surface area contributed by atoms with Gasteiger partial charge in [-0.2, -0.15) is 0 Å². The molecule has 25 heavy (non-hydrogen) atoms. The molecule has 1 aliphatic rings. The van der Waals surface area contributed by atoms with Gasteiger partial charge in [0.25, 0.3) is 5.56 Å². The maximum atomic E-state index is 12.6. The number of carbonyl (C=O) groups excluding carboxylic acids is 1. The average molecular weight is 363 g/mol. The van der Waals surface area contributed by atoms with Crippen LogP contribution in [0.5, 0.6) is 0 Å². The lowest BCUT2D eigenvalue weighted by Crippen LogP contribution is -2.25. The third-order valence-corrected chi connectivity index (χ3v) is 5.98. The summed E-state index contributed by atoms with van der Waals surface area (Å²) in [5, 5.41) is 4.09. The number of esters is 1. The lowest BCUT2D eigenvalue weighted by molar-refractivity contribution is -0.140. The Bertz CT molecular complexity index is 827. The Morgan fingerprint density at radius 3 is 3.08 bits per heavy atom. The fourth-order valence-corrected chi connectivity index (χ4v) is 4.71. The quantitative estimate of drug-likeness (QED) is 0.609. The van der Waals surface area contributed by atoms with E-state index < -0.39 is 0 Å². The fourth-order valence-electron chi connectivity index (χ4n) is 3.32. The summed E-state index contributed by atoms with van der Waals surface area (Å²) in [6.45, 7) is 4.89. The summed E-state index contributed by atoms with van der Waals surface area (Å²) in [4.78, 5) is 33.5. The molecule has 2 aromatic rings. The maximum Gasteiger partial charge on any atom is 0.305 e. The van der Waals surface area contributed by atoms with E-state index in [1.807, 2.05) is 6.92 Å². The van der Waals surface area contributed by atoms with Crippen LogP contribution >= 0.6 is 11.3 Å². The molecule has 0 aliphatic heterocycles. The van der Waals surface area contributed by atoms with Crippen LogP contribution in [0.2, 0.25) is 0 Å². The molecule has 7 heteroatoms. The Morgan fingerprint density at radius 2 is 2.32 bits per heavy atom. The van der Waals surface area contributed by atoms with Gasteiger partial charge in [0.2, 0.25) is 0 Å². The number of H-pyrrole nitrogens is 1. The number of methoxy groups -OCH3 is 1. The lowest BCUT2D eigenvalue weighted by Gasteiger charge is -2.17. The summed E-state index contributed by atoms with van der Waals surface area (Å²) in [6.07, 6.45) is 4.23. The van der Waals surface area contributed by atoms with E-state index in [1.165, 1.54) is 17.6 Å². The van der Waals surface area contributed by atoms with E-state index in [0.717, 1.165) is 29.5 Å². The Balaban J connectivity index is 1.74. The van der Waals surface area contributed by atoms with Crippen molar-refractivity contribution in [3.05, 3.63) is 26.6 Å². The summed E-state index contributed by atoms with van der Waals surface area (Å²) >= 11 is 1.66. The van der Waals surface area contributed by atoms with Gasteiger partial charge >= 0.3 is 5.97 Å². The molecule has 0 radical (unpaired) electrons. The van der Waals surface area contributed by atoms with Gasteiger partial charge < -0.3 is 15.0 Å². The number of aryl methyl sites for hydroxylation is 1. The number of ether oxygens (including phenoxy) is 1. The van der Waals surface area contributed by atoms with Crippen LogP contribution in [0.3, 0.4) is 0 Å². The highest BCUT2D eigenvalue weighted by atomic mass is 32.1. The molecule has 0 aromatic carbocycles. The molecule has 0 bridgehead atoms. The second kappa shape index (κ2) is 7.66. The number of nitrogens with one attached hydrogen (secondary N) is 2. The maximum absolute atomic E-state index is 12.6. The van der Waals surface area contributed by atoms with Crippen LogP contribution in [-0.2, 0) is 22.4 Å². The van der Waals surface area contributed by atoms with Crippen molar-refractivity contribution < 1.29 is 9.53 Å². The first-order valence-corrected chi connectivity index (χ1v) is 9.66. The average Bonchev–Trinajstić information content (AvgIpc) is 2.95. The van der Waals surface area contributed by atoms with E-state index in [9.17, 15) is 9.59 Å². The third-order valence-electron chi connectivity index (χ3n) is 4.83. The normalized spacial score (nSPS) is 18.1. The number of carbonyl (C=O) groups is 1. The molecular weight excluding hydrogens is 338 g/mol. The van der Waals surface area contributed by atoms with Gasteiger partial charge in [0, 0.05) is 11.3 Å². The highest BCUT2D eigenvalue weighted by Gasteiger charge is 2.23. The van der Waals surface area contributed by atoms with Gasteiger partial charge in [-0.1, -0.05) is 6.92 Å². The van der Waals surface area contributed by atoms with E-state index in [0.29, 0.717) is 31.1 Å². The van der Waals surface area contributed by atoms with Crippen LogP contribution < -0.4 is 10.9 Å². The molecule has 0 spiro atoms. The summed E-state index contributed by atoms with van der Waals surface area (Å²) in [5.74, 6) is 1.12. The van der Waals surface area contributed by atoms with E-state index in [4.69, 9.17) is 4.98 Å². The largest absolute Gasteiger partial charge is 0.469 e. The summed E-state index contributed by atoms with van der Waals surface area (Å²) in [7, 11) is 1.39. The van der Waals surface area contributed by atoms with Gasteiger partial charge in [-0.25, -0.2) is 4.98 Å². The SMILES string of the molecule is COC(=O)CCCN[C@H](C)c1nc2sc3c(c2c(=O)[nH]1)CC[C@@H](C)C3. The molecule has 2 atom stereocenters. The fraction of sp³-hybridized carbons (Fsp3) is 0.611. The monoisotopic (exact) mass is 363 g/mol. The van der Waals surface area contributed by atoms with E-state index in [1.54, 1.807) is 11.3 Å². The Kier molecular flexibility index (Phi) is 5.54. The van der Waals surface area contributed by atoms with Crippen molar-refractivity contribution in [3.8, 4) is 0 Å². The summed E-state index contributed by atoms with van der Waals surface area (Å²) < 4.78 is 4.63. The van der Waals surface area contributed by atoms with E-state index in [-0.39, 0.29) is 17.6 Å². The molecule has 0 unspecified atom stereocenters. The smallest absolute Gasteiger partial charge is 0.305 e. The van der Waals surface area contributed by atoms with Crippen LogP contribution in [0.25, 0.3) is 10.2 Å². The number of nitrogens with zero attached hydrogens (tertiary/aromatic N) is 1. The number of thiophene rings is 1. The van der Waals surface area contributed by atoms with Crippen molar-refractivity contribution in [1.82, 2.24) is 15.3 Å². The number of aromatic nitrogens is 2. The zero-order chi connectivity index (χ0) is 18.0. The number of aromatic amines is 1. The van der Waals surface area contributed by atoms with Crippen molar-refractivity contribution in [1.29, 1.82) is 0 Å². The first-order valence-electron chi connectivity index (χ1n) is 8.84. The second-order valence-corrected chi connectivity index (χ2v) is 7.92. The van der Waals surface area contributed by atoms with E-state index >= 15 is 0 Å². The number of rotatable bonds is 6. The van der Waals surface area contributed by atoms with Crippen LogP contribution in [0.15, 0.2) is 4.79 Å². The van der Waals surface area contributed by atoms with Gasteiger partial charge in [0.1, 0.15) is 10.7 Å². The molecular formula is C18H25N3O3S. The van der Waals surface area contributed by atoms with Gasteiger partial charge in [-0.3, -0.25) is 9.59 Å². The van der Waals surface area contributed by atoms with Gasteiger partial charge in [0.15, 0.2) is 0 Å². The number of hydrogen-bond donors (Lipinski definition) is 2. The van der Waals surface area contributed by atoms with Gasteiger partial charge in [-0.15, -0.1) is 11.3 Å². The molecule has 1 aliphatic carbocycles. The molecule has 136 valence electrons. The topological polar surface area (TPSA) is 84.1 Å². The summed E-state index contributed by atoms with van der Waals surface area (Å²) in [6, 6.07) is -0.0761. The Morgan fingerprint density at radius 1 is 1.52 bits per heavy atom. The predicted octanol–water partition coefficient (Wildman–Crippen LogP) is 2.71. The van der Waals surface area contributed by atoms with Gasteiger partial charge in [-0.05, 0) is 50.6 Å². The van der Waals surface area contributed by atoms with Crippen LogP contribution in [0, 0.1) is 5.92 Å². The molecule has 2 aromatic heterocycles. The first-order chi connectivity index (χ1) is 12.0. The predicted molar refractivity (Wildman–Crippen MR) is 99.1 cm³/mol. The zero-order valence-corrected chi connectivity index (χ0v) is 15.8. The van der Waals surface area contributed by atoms with Crippen molar-refractivity contribution in [3.63, 3.8) is 0 Å². The Hall–Kier alpha value is -1.73. The molecule has 6 nitrogen and oxygen atoms in total. The van der Waals surface area contributed by atoms with Crippen molar-refractivity contribution in [2.24, 2.45) is 5.92 Å². The minimum Gasteiger partial charge on any atom is -0.469 e. The Labute approximate surface area is 151 Å². The standard InChI is InChI=1S/C18H25N3O3S/c1-10-6-7-12-13(9-10)25-18-15(12)17(23)20-16(21-18)11(2)19-8-4-5-14(22)24-3/h10-11,19H,4-9H2,1-3H3,(H,20,21,23)/t10-,11-/m1/s1. The zero-order valence-electron chi connectivity index (χ0n) is 15.0. The van der Waals surface area contributed by atoms with Gasteiger partial charge in [0.05, 0.1) is 18.5 Å². The lowest BCUT2D eigenvalue weighted by atomic mass is 9.89. The molecule has 0 saturated carbocycles.